The van der Waals surface area contributed by atoms with Gasteiger partial charge >= 0.3 is 11.9 Å². The van der Waals surface area contributed by atoms with E-state index in [9.17, 15) is 9.59 Å². The molecule has 0 saturated heterocycles. The summed E-state index contributed by atoms with van der Waals surface area (Å²) in [5.41, 5.74) is 0.630. The molecule has 1 unspecified atom stereocenters. The van der Waals surface area contributed by atoms with Crippen molar-refractivity contribution in [1.29, 1.82) is 0 Å². The fourth-order valence-corrected chi connectivity index (χ4v) is 2.52. The summed E-state index contributed by atoms with van der Waals surface area (Å²) in [5, 5.41) is 17.6. The summed E-state index contributed by atoms with van der Waals surface area (Å²) in [6.45, 7) is 9.17. The molecule has 1 atom stereocenters. The summed E-state index contributed by atoms with van der Waals surface area (Å²) >= 11 is 0. The minimum absolute atomic E-state index is 0.0968. The first-order valence-corrected chi connectivity index (χ1v) is 8.23. The Labute approximate surface area is 133 Å². The van der Waals surface area contributed by atoms with Crippen molar-refractivity contribution < 1.29 is 19.8 Å². The zero-order valence-corrected chi connectivity index (χ0v) is 13.8. The number of hydrogen-bond acceptors (Lipinski definition) is 2. The van der Waals surface area contributed by atoms with Crippen LogP contribution in [0.4, 0.5) is 0 Å². The van der Waals surface area contributed by atoms with Crippen molar-refractivity contribution in [2.24, 2.45) is 5.92 Å². The lowest BCUT2D eigenvalue weighted by molar-refractivity contribution is -0.134. The van der Waals surface area contributed by atoms with Gasteiger partial charge in [0.1, 0.15) is 0 Å². The maximum atomic E-state index is 10.9. The average Bonchev–Trinajstić information content (AvgIpc) is 2.48. The fourth-order valence-electron chi connectivity index (χ4n) is 2.52. The van der Waals surface area contributed by atoms with Crippen LogP contribution >= 0.6 is 0 Å². The van der Waals surface area contributed by atoms with Gasteiger partial charge in [0.05, 0.1) is 0 Å². The molecule has 0 aromatic carbocycles. The molecule has 22 heavy (non-hydrogen) atoms. The van der Waals surface area contributed by atoms with Crippen LogP contribution < -0.4 is 0 Å². The van der Waals surface area contributed by atoms with E-state index < -0.39 is 11.9 Å². The topological polar surface area (TPSA) is 74.6 Å². The molecule has 0 aliphatic carbocycles. The Bertz CT molecular complexity index is 385. The van der Waals surface area contributed by atoms with Gasteiger partial charge in [0.2, 0.25) is 0 Å². The van der Waals surface area contributed by atoms with Gasteiger partial charge in [-0.05, 0) is 31.6 Å². The summed E-state index contributed by atoms with van der Waals surface area (Å²) < 4.78 is 0. The second kappa shape index (κ2) is 12.0. The van der Waals surface area contributed by atoms with E-state index >= 15 is 0 Å². The summed E-state index contributed by atoms with van der Waals surface area (Å²) in [7, 11) is 0. The Morgan fingerprint density at radius 1 is 0.864 bits per heavy atom. The molecule has 0 aliphatic rings. The molecule has 0 fully saturated rings. The highest BCUT2D eigenvalue weighted by Gasteiger charge is 2.15. The molecule has 2 N–H and O–H groups in total. The second-order valence-electron chi connectivity index (χ2n) is 5.86. The van der Waals surface area contributed by atoms with Gasteiger partial charge in [-0.1, -0.05) is 58.6 Å². The van der Waals surface area contributed by atoms with Crippen molar-refractivity contribution in [3.05, 3.63) is 24.3 Å². The van der Waals surface area contributed by atoms with Gasteiger partial charge in [-0.15, -0.1) is 0 Å². The van der Waals surface area contributed by atoms with Crippen molar-refractivity contribution >= 4 is 11.9 Å². The van der Waals surface area contributed by atoms with Crippen molar-refractivity contribution in [2.45, 2.75) is 71.1 Å². The van der Waals surface area contributed by atoms with Gasteiger partial charge in [0.15, 0.2) is 0 Å². The van der Waals surface area contributed by atoms with Gasteiger partial charge < -0.3 is 10.2 Å². The SMILES string of the molecule is C=C(CCCCCCCCCC(CC)C(=C)C(=O)O)C(=O)O. The summed E-state index contributed by atoms with van der Waals surface area (Å²) in [6, 6.07) is 0. The number of hydrogen-bond donors (Lipinski definition) is 2. The largest absolute Gasteiger partial charge is 0.478 e. The van der Waals surface area contributed by atoms with E-state index in [0.29, 0.717) is 17.6 Å². The van der Waals surface area contributed by atoms with E-state index in [4.69, 9.17) is 10.2 Å². The predicted octanol–water partition coefficient (Wildman–Crippen LogP) is 4.81. The molecule has 0 amide bonds. The Hall–Kier alpha value is -1.58. The van der Waals surface area contributed by atoms with Crippen LogP contribution in [-0.4, -0.2) is 22.2 Å². The van der Waals surface area contributed by atoms with E-state index in [-0.39, 0.29) is 5.92 Å². The minimum Gasteiger partial charge on any atom is -0.478 e. The molecular formula is C18H30O4. The fraction of sp³-hybridized carbons (Fsp3) is 0.667. The highest BCUT2D eigenvalue weighted by atomic mass is 16.4. The van der Waals surface area contributed by atoms with Crippen LogP contribution in [0.5, 0.6) is 0 Å². The van der Waals surface area contributed by atoms with Crippen LogP contribution in [0.1, 0.15) is 71.1 Å². The first-order chi connectivity index (χ1) is 10.4. The molecule has 0 heterocycles. The van der Waals surface area contributed by atoms with Crippen molar-refractivity contribution in [3.63, 3.8) is 0 Å². The van der Waals surface area contributed by atoms with Crippen molar-refractivity contribution in [1.82, 2.24) is 0 Å². The molecule has 0 radical (unpaired) electrons. The number of carboxylic acid groups (broad SMARTS) is 2. The molecule has 4 nitrogen and oxygen atoms in total. The van der Waals surface area contributed by atoms with Crippen molar-refractivity contribution in [3.8, 4) is 0 Å². The lowest BCUT2D eigenvalue weighted by Gasteiger charge is -2.14. The van der Waals surface area contributed by atoms with Gasteiger partial charge in [-0.3, -0.25) is 0 Å². The van der Waals surface area contributed by atoms with E-state index in [2.05, 4.69) is 13.2 Å². The van der Waals surface area contributed by atoms with Gasteiger partial charge in [0.25, 0.3) is 0 Å². The second-order valence-corrected chi connectivity index (χ2v) is 5.86. The van der Waals surface area contributed by atoms with Gasteiger partial charge in [-0.2, -0.15) is 0 Å². The molecule has 0 saturated carbocycles. The third-order valence-corrected chi connectivity index (χ3v) is 4.09. The zero-order valence-electron chi connectivity index (χ0n) is 13.8. The summed E-state index contributed by atoms with van der Waals surface area (Å²) in [6.07, 6.45) is 9.81. The van der Waals surface area contributed by atoms with Gasteiger partial charge in [-0.25, -0.2) is 9.59 Å². The lowest BCUT2D eigenvalue weighted by atomic mass is 9.91. The minimum atomic E-state index is -0.895. The van der Waals surface area contributed by atoms with Crippen LogP contribution in [0.3, 0.4) is 0 Å². The first-order valence-electron chi connectivity index (χ1n) is 8.23. The maximum absolute atomic E-state index is 10.9. The molecule has 0 aliphatic heterocycles. The Kier molecular flexibility index (Phi) is 11.2. The van der Waals surface area contributed by atoms with Crippen LogP contribution in [0.2, 0.25) is 0 Å². The summed E-state index contributed by atoms with van der Waals surface area (Å²) in [5.74, 6) is -1.68. The monoisotopic (exact) mass is 310 g/mol. The van der Waals surface area contributed by atoms with Crippen LogP contribution in [0.15, 0.2) is 24.3 Å². The van der Waals surface area contributed by atoms with Crippen LogP contribution in [0.25, 0.3) is 0 Å². The first kappa shape index (κ1) is 20.4. The highest BCUT2D eigenvalue weighted by Crippen LogP contribution is 2.21. The summed E-state index contributed by atoms with van der Waals surface area (Å²) in [4.78, 5) is 21.4. The molecule has 0 bridgehead atoms. The van der Waals surface area contributed by atoms with E-state index in [1.165, 1.54) is 0 Å². The van der Waals surface area contributed by atoms with Crippen LogP contribution in [0, 0.1) is 5.92 Å². The molecule has 0 aromatic rings. The normalized spacial score (nSPS) is 11.9. The number of carbonyl (C=O) groups is 2. The number of unbranched alkanes of at least 4 members (excludes halogenated alkanes) is 6. The number of rotatable bonds is 14. The number of carboxylic acids is 2. The highest BCUT2D eigenvalue weighted by molar-refractivity contribution is 5.86. The quantitative estimate of drug-likeness (QED) is 0.357. The van der Waals surface area contributed by atoms with Crippen molar-refractivity contribution in [2.75, 3.05) is 0 Å². The number of aliphatic carboxylic acids is 2. The zero-order chi connectivity index (χ0) is 17.0. The third kappa shape index (κ3) is 9.37. The molecular weight excluding hydrogens is 280 g/mol. The van der Waals surface area contributed by atoms with Crippen LogP contribution in [-0.2, 0) is 9.59 Å². The molecule has 4 heteroatoms. The Morgan fingerprint density at radius 3 is 1.82 bits per heavy atom. The Morgan fingerprint density at radius 2 is 1.36 bits per heavy atom. The van der Waals surface area contributed by atoms with E-state index in [0.717, 1.165) is 57.8 Å². The molecule has 0 spiro atoms. The van der Waals surface area contributed by atoms with E-state index in [1.54, 1.807) is 0 Å². The average molecular weight is 310 g/mol. The standard InChI is InChI=1S/C18H30O4/c1-4-16(15(3)18(21)22)13-11-9-7-5-6-8-10-12-14(2)17(19)20/h16H,2-13H2,1H3,(H,19,20)(H,21,22). The lowest BCUT2D eigenvalue weighted by Crippen LogP contribution is -2.10. The maximum Gasteiger partial charge on any atom is 0.331 e. The van der Waals surface area contributed by atoms with E-state index in [1.807, 2.05) is 6.92 Å². The third-order valence-electron chi connectivity index (χ3n) is 4.09. The predicted molar refractivity (Wildman–Crippen MR) is 88.9 cm³/mol. The molecule has 0 rings (SSSR count). The molecule has 0 aromatic heterocycles. The van der Waals surface area contributed by atoms with Gasteiger partial charge in [0, 0.05) is 11.1 Å². The Balaban J connectivity index is 3.54. The molecule has 126 valence electrons. The smallest absolute Gasteiger partial charge is 0.331 e.